The summed E-state index contributed by atoms with van der Waals surface area (Å²) < 4.78 is 4.35. The lowest BCUT2D eigenvalue weighted by Crippen LogP contribution is -1.99. The van der Waals surface area contributed by atoms with E-state index in [1.807, 2.05) is 0 Å². The quantitative estimate of drug-likeness (QED) is 0.417. The highest BCUT2D eigenvalue weighted by molar-refractivity contribution is 6.14. The molecule has 0 radical (unpaired) electrons. The molecule has 1 aromatic rings. The first kappa shape index (κ1) is 12.4. The molecule has 0 saturated heterocycles. The van der Waals surface area contributed by atoms with Crippen molar-refractivity contribution in [2.24, 2.45) is 0 Å². The molecule has 16 heavy (non-hydrogen) atoms. The van der Waals surface area contributed by atoms with Gasteiger partial charge in [-0.1, -0.05) is 19.1 Å². The third kappa shape index (κ3) is 2.88. The van der Waals surface area contributed by atoms with Crippen molar-refractivity contribution in [3.63, 3.8) is 0 Å². The highest BCUT2D eigenvalue weighted by atomic mass is 16.6. The number of carbonyl (C=O) groups excluding carboxylic acids is 2. The smallest absolute Gasteiger partial charge is 0.346 e. The maximum absolute atomic E-state index is 10.8. The van der Waals surface area contributed by atoms with Crippen molar-refractivity contribution in [1.29, 1.82) is 0 Å². The van der Waals surface area contributed by atoms with Gasteiger partial charge in [0.05, 0.1) is 11.1 Å². The van der Waals surface area contributed by atoms with Gasteiger partial charge in [-0.3, -0.25) is 0 Å². The highest BCUT2D eigenvalue weighted by Gasteiger charge is 2.28. The van der Waals surface area contributed by atoms with Crippen molar-refractivity contribution in [3.8, 4) is 0 Å². The van der Waals surface area contributed by atoms with Crippen molar-refractivity contribution in [3.05, 3.63) is 35.4 Å². The van der Waals surface area contributed by atoms with E-state index in [1.165, 1.54) is 0 Å². The van der Waals surface area contributed by atoms with E-state index in [-0.39, 0.29) is 0 Å². The van der Waals surface area contributed by atoms with Crippen LogP contribution in [0.25, 0.3) is 0 Å². The molecule has 0 atom stereocenters. The van der Waals surface area contributed by atoms with E-state index in [4.69, 9.17) is 10.2 Å². The predicted octanol–water partition coefficient (Wildman–Crippen LogP) is 0.704. The van der Waals surface area contributed by atoms with Crippen molar-refractivity contribution < 1.29 is 24.5 Å². The van der Waals surface area contributed by atoms with Gasteiger partial charge in [0.1, 0.15) is 0 Å². The number of ether oxygens (including phenoxy) is 1. The molecule has 0 saturated carbocycles. The van der Waals surface area contributed by atoms with Crippen molar-refractivity contribution in [2.75, 3.05) is 0 Å². The zero-order valence-electron chi connectivity index (χ0n) is 8.71. The number of hydrogen-bond acceptors (Lipinski definition) is 5. The molecule has 0 aliphatic carbocycles. The average molecular weight is 224 g/mol. The molecule has 2 N–H and O–H groups in total. The summed E-state index contributed by atoms with van der Waals surface area (Å²) in [5.41, 5.74) is 0.718. The van der Waals surface area contributed by atoms with Crippen LogP contribution < -0.4 is 0 Å². The summed E-state index contributed by atoms with van der Waals surface area (Å²) in [5.74, 6) is -1.10. The molecule has 0 fully saturated rings. The molecule has 1 heterocycles. The molecule has 0 bridgehead atoms. The summed E-state index contributed by atoms with van der Waals surface area (Å²) in [6.07, 6.45) is -0.699. The minimum atomic E-state index is -1.12. The molecule has 1 aliphatic heterocycles. The average Bonchev–Trinajstić information content (AvgIpc) is 2.56. The van der Waals surface area contributed by atoms with Gasteiger partial charge in [0.25, 0.3) is 0 Å². The zero-order valence-corrected chi connectivity index (χ0v) is 8.71. The van der Waals surface area contributed by atoms with Gasteiger partial charge in [-0.25, -0.2) is 9.59 Å². The Morgan fingerprint density at radius 3 is 1.81 bits per heavy atom. The van der Waals surface area contributed by atoms with E-state index in [2.05, 4.69) is 4.74 Å². The molecule has 86 valence electrons. The Hall–Kier alpha value is -1.72. The van der Waals surface area contributed by atoms with Crippen molar-refractivity contribution in [2.45, 2.75) is 19.6 Å². The van der Waals surface area contributed by atoms with E-state index in [0.29, 0.717) is 17.5 Å². The van der Waals surface area contributed by atoms with Crippen LogP contribution in [-0.4, -0.2) is 28.4 Å². The number of rotatable bonds is 1. The SMILES string of the molecule is CCC(O)O.O=C1OC(=O)c2ccccc21. The molecule has 1 aliphatic rings. The summed E-state index contributed by atoms with van der Waals surface area (Å²) >= 11 is 0. The van der Waals surface area contributed by atoms with Crippen LogP contribution in [-0.2, 0) is 4.74 Å². The fraction of sp³-hybridized carbons (Fsp3) is 0.273. The first-order valence-electron chi connectivity index (χ1n) is 4.78. The van der Waals surface area contributed by atoms with Crippen molar-refractivity contribution in [1.82, 2.24) is 0 Å². The van der Waals surface area contributed by atoms with Crippen LogP contribution in [0.15, 0.2) is 24.3 Å². The zero-order chi connectivity index (χ0) is 12.1. The number of aliphatic hydroxyl groups is 2. The van der Waals surface area contributed by atoms with Crippen LogP contribution in [0.2, 0.25) is 0 Å². The molecule has 2 rings (SSSR count). The second-order valence-electron chi connectivity index (χ2n) is 3.11. The van der Waals surface area contributed by atoms with Gasteiger partial charge in [-0.15, -0.1) is 0 Å². The lowest BCUT2D eigenvalue weighted by molar-refractivity contribution is -0.0413. The van der Waals surface area contributed by atoms with Gasteiger partial charge >= 0.3 is 11.9 Å². The van der Waals surface area contributed by atoms with E-state index in [0.717, 1.165) is 0 Å². The minimum Gasteiger partial charge on any atom is -0.386 e. The largest absolute Gasteiger partial charge is 0.386 e. The van der Waals surface area contributed by atoms with Crippen LogP contribution in [0.5, 0.6) is 0 Å². The van der Waals surface area contributed by atoms with Crippen LogP contribution in [0, 0.1) is 0 Å². The third-order valence-electron chi connectivity index (χ3n) is 1.92. The Morgan fingerprint density at radius 2 is 1.50 bits per heavy atom. The maximum atomic E-state index is 10.8. The van der Waals surface area contributed by atoms with Crippen molar-refractivity contribution >= 4 is 11.9 Å². The predicted molar refractivity (Wildman–Crippen MR) is 54.7 cm³/mol. The first-order chi connectivity index (χ1) is 7.56. The Labute approximate surface area is 92.3 Å². The fourth-order valence-corrected chi connectivity index (χ4v) is 1.03. The van der Waals surface area contributed by atoms with Crippen LogP contribution >= 0.6 is 0 Å². The molecule has 0 aromatic heterocycles. The fourth-order valence-electron chi connectivity index (χ4n) is 1.03. The van der Waals surface area contributed by atoms with E-state index < -0.39 is 18.2 Å². The number of hydrogen-bond donors (Lipinski definition) is 2. The van der Waals surface area contributed by atoms with E-state index in [9.17, 15) is 9.59 Å². The Bertz CT molecular complexity index is 364. The maximum Gasteiger partial charge on any atom is 0.346 e. The molecule has 5 nitrogen and oxygen atoms in total. The minimum absolute atomic E-state index is 0.359. The topological polar surface area (TPSA) is 83.8 Å². The van der Waals surface area contributed by atoms with Gasteiger partial charge < -0.3 is 14.9 Å². The molecule has 5 heteroatoms. The third-order valence-corrected chi connectivity index (χ3v) is 1.92. The summed E-state index contributed by atoms with van der Waals surface area (Å²) in [7, 11) is 0. The van der Waals surface area contributed by atoms with Gasteiger partial charge in [0, 0.05) is 0 Å². The van der Waals surface area contributed by atoms with Gasteiger partial charge in [-0.05, 0) is 18.6 Å². The highest BCUT2D eigenvalue weighted by Crippen LogP contribution is 2.18. The second kappa shape index (κ2) is 5.39. The Balaban J connectivity index is 0.000000221. The van der Waals surface area contributed by atoms with E-state index in [1.54, 1.807) is 31.2 Å². The van der Waals surface area contributed by atoms with Crippen LogP contribution in [0.1, 0.15) is 34.1 Å². The summed E-state index contributed by atoms with van der Waals surface area (Å²) in [6, 6.07) is 6.53. The number of cyclic esters (lactones) is 2. The number of fused-ring (bicyclic) bond motifs is 1. The molecule has 0 unspecified atom stereocenters. The number of aliphatic hydroxyl groups excluding tert-OH is 1. The first-order valence-corrected chi connectivity index (χ1v) is 4.78. The molecular weight excluding hydrogens is 212 g/mol. The van der Waals surface area contributed by atoms with Gasteiger partial charge in [-0.2, -0.15) is 0 Å². The lowest BCUT2D eigenvalue weighted by atomic mass is 10.1. The van der Waals surface area contributed by atoms with Gasteiger partial charge in [0.2, 0.25) is 0 Å². The molecule has 1 aromatic carbocycles. The summed E-state index contributed by atoms with van der Waals surface area (Å²) in [6.45, 7) is 1.70. The molecular formula is C11H12O5. The standard InChI is InChI=1S/C8H4O3.C3H8O2/c9-7-5-3-1-2-4-6(5)8(10)11-7;1-2-3(4)5/h1-4H;3-5H,2H2,1H3. The number of esters is 2. The normalized spacial score (nSPS) is 13.0. The second-order valence-corrected chi connectivity index (χ2v) is 3.11. The monoisotopic (exact) mass is 224 g/mol. The van der Waals surface area contributed by atoms with Gasteiger partial charge in [0.15, 0.2) is 6.29 Å². The summed E-state index contributed by atoms with van der Waals surface area (Å²) in [4.78, 5) is 21.7. The van der Waals surface area contributed by atoms with Crippen LogP contribution in [0.4, 0.5) is 0 Å². The number of carbonyl (C=O) groups is 2. The molecule has 0 spiro atoms. The lowest BCUT2D eigenvalue weighted by Gasteiger charge is -1.90. The summed E-state index contributed by atoms with van der Waals surface area (Å²) in [5, 5.41) is 15.8. The Morgan fingerprint density at radius 1 is 1.12 bits per heavy atom. The van der Waals surface area contributed by atoms with Crippen LogP contribution in [0.3, 0.4) is 0 Å². The Kier molecular flexibility index (Phi) is 4.16. The number of benzene rings is 1. The van der Waals surface area contributed by atoms with E-state index >= 15 is 0 Å². The molecule has 0 amide bonds.